The Balaban J connectivity index is 1.77. The van der Waals surface area contributed by atoms with Gasteiger partial charge in [0.2, 0.25) is 0 Å². The van der Waals surface area contributed by atoms with E-state index in [1.54, 1.807) is 7.11 Å². The van der Waals surface area contributed by atoms with Crippen LogP contribution < -0.4 is 10.1 Å². The number of fused-ring (bicyclic) bond motifs is 1. The highest BCUT2D eigenvalue weighted by atomic mass is 16.5. The van der Waals surface area contributed by atoms with Crippen molar-refractivity contribution in [1.29, 1.82) is 0 Å². The predicted molar refractivity (Wildman–Crippen MR) is 86.9 cm³/mol. The average Bonchev–Trinajstić information content (AvgIpc) is 2.54. The Bertz CT molecular complexity index is 492. The molecule has 1 aliphatic carbocycles. The minimum Gasteiger partial charge on any atom is -0.497 e. The number of nitrogens with one attached hydrogen (secondary N) is 1. The lowest BCUT2D eigenvalue weighted by atomic mass is 9.83. The Hall–Kier alpha value is -1.06. The van der Waals surface area contributed by atoms with Crippen LogP contribution in [0.3, 0.4) is 0 Å². The molecule has 0 saturated carbocycles. The summed E-state index contributed by atoms with van der Waals surface area (Å²) >= 11 is 0. The van der Waals surface area contributed by atoms with E-state index in [1.165, 1.54) is 56.3 Å². The fraction of sp³-hybridized carbons (Fsp3) is 0.667. The first-order valence-corrected chi connectivity index (χ1v) is 8.25. The zero-order valence-corrected chi connectivity index (χ0v) is 13.6. The van der Waals surface area contributed by atoms with Crippen molar-refractivity contribution in [2.45, 2.75) is 50.6 Å². The van der Waals surface area contributed by atoms with Crippen LogP contribution in [0.4, 0.5) is 0 Å². The molecule has 3 rings (SSSR count). The maximum Gasteiger partial charge on any atom is 0.119 e. The van der Waals surface area contributed by atoms with Gasteiger partial charge in [0.1, 0.15) is 5.75 Å². The fourth-order valence-electron chi connectivity index (χ4n) is 3.85. The molecule has 21 heavy (non-hydrogen) atoms. The van der Waals surface area contributed by atoms with Gasteiger partial charge in [-0.15, -0.1) is 0 Å². The van der Waals surface area contributed by atoms with Gasteiger partial charge in [0.15, 0.2) is 0 Å². The van der Waals surface area contributed by atoms with Crippen molar-refractivity contribution in [3.8, 4) is 5.75 Å². The lowest BCUT2D eigenvalue weighted by Crippen LogP contribution is -2.50. The third kappa shape index (κ3) is 2.95. The van der Waals surface area contributed by atoms with E-state index in [0.717, 1.165) is 5.75 Å². The van der Waals surface area contributed by atoms with Gasteiger partial charge in [0, 0.05) is 24.7 Å². The molecule has 1 unspecified atom stereocenters. The van der Waals surface area contributed by atoms with Gasteiger partial charge in [-0.05, 0) is 69.3 Å². The number of benzene rings is 1. The molecule has 116 valence electrons. The summed E-state index contributed by atoms with van der Waals surface area (Å²) in [5.74, 6) is 0.996. The van der Waals surface area contributed by atoms with Gasteiger partial charge < -0.3 is 10.1 Å². The number of piperidine rings is 1. The molecular weight excluding hydrogens is 260 g/mol. The monoisotopic (exact) mass is 288 g/mol. The molecule has 2 aliphatic rings. The number of aryl methyl sites for hydroxylation is 1. The zero-order chi connectivity index (χ0) is 14.9. The summed E-state index contributed by atoms with van der Waals surface area (Å²) in [6.07, 6.45) is 6.28. The molecule has 1 fully saturated rings. The standard InChI is InChI=1S/C18H28N2O/c1-18(19-2)9-11-20(12-10-18)17-6-4-5-14-13-15(21-3)7-8-16(14)17/h7-8,13,17,19H,4-6,9-12H2,1-3H3. The first-order valence-electron chi connectivity index (χ1n) is 8.25. The molecule has 0 radical (unpaired) electrons. The number of nitrogens with zero attached hydrogens (tertiary/aromatic N) is 1. The number of hydrogen-bond acceptors (Lipinski definition) is 3. The summed E-state index contributed by atoms with van der Waals surface area (Å²) in [5.41, 5.74) is 3.36. The minimum atomic E-state index is 0.327. The summed E-state index contributed by atoms with van der Waals surface area (Å²) in [6, 6.07) is 7.27. The van der Waals surface area contributed by atoms with E-state index >= 15 is 0 Å². The van der Waals surface area contributed by atoms with E-state index in [4.69, 9.17) is 4.74 Å². The SMILES string of the molecule is CNC1(C)CCN(C2CCCc3cc(OC)ccc32)CC1. The van der Waals surface area contributed by atoms with Crippen LogP contribution in [-0.4, -0.2) is 37.7 Å². The summed E-state index contributed by atoms with van der Waals surface area (Å²) in [6.45, 7) is 4.75. The van der Waals surface area contributed by atoms with Gasteiger partial charge >= 0.3 is 0 Å². The quantitative estimate of drug-likeness (QED) is 0.924. The van der Waals surface area contributed by atoms with Crippen LogP contribution in [0.25, 0.3) is 0 Å². The fourth-order valence-corrected chi connectivity index (χ4v) is 3.85. The van der Waals surface area contributed by atoms with Crippen molar-refractivity contribution < 1.29 is 4.74 Å². The van der Waals surface area contributed by atoms with Crippen LogP contribution in [0.1, 0.15) is 49.8 Å². The molecular formula is C18H28N2O. The molecule has 1 N–H and O–H groups in total. The van der Waals surface area contributed by atoms with E-state index in [9.17, 15) is 0 Å². The van der Waals surface area contributed by atoms with E-state index in [2.05, 4.69) is 42.4 Å². The molecule has 3 nitrogen and oxygen atoms in total. The molecule has 1 aromatic carbocycles. The molecule has 0 bridgehead atoms. The first-order chi connectivity index (χ1) is 10.1. The van der Waals surface area contributed by atoms with Crippen LogP contribution in [0.2, 0.25) is 0 Å². The third-order valence-electron chi connectivity index (χ3n) is 5.58. The van der Waals surface area contributed by atoms with E-state index in [1.807, 2.05) is 0 Å². The molecule has 0 amide bonds. The summed E-state index contributed by atoms with van der Waals surface area (Å²) < 4.78 is 5.38. The maximum atomic E-state index is 5.38. The Morgan fingerprint density at radius 3 is 2.71 bits per heavy atom. The smallest absolute Gasteiger partial charge is 0.119 e. The van der Waals surface area contributed by atoms with Crippen LogP contribution in [-0.2, 0) is 6.42 Å². The normalized spacial score (nSPS) is 25.4. The van der Waals surface area contributed by atoms with Crippen LogP contribution in [0.15, 0.2) is 18.2 Å². The van der Waals surface area contributed by atoms with Gasteiger partial charge in [0.25, 0.3) is 0 Å². The number of methoxy groups -OCH3 is 1. The summed E-state index contributed by atoms with van der Waals surface area (Å²) in [5, 5.41) is 3.49. The van der Waals surface area contributed by atoms with Crippen molar-refractivity contribution in [3.05, 3.63) is 29.3 Å². The van der Waals surface area contributed by atoms with Crippen molar-refractivity contribution in [2.75, 3.05) is 27.2 Å². The van der Waals surface area contributed by atoms with Crippen molar-refractivity contribution >= 4 is 0 Å². The molecule has 1 saturated heterocycles. The number of ether oxygens (including phenoxy) is 1. The van der Waals surface area contributed by atoms with Gasteiger partial charge in [-0.1, -0.05) is 6.07 Å². The average molecular weight is 288 g/mol. The Morgan fingerprint density at radius 1 is 1.29 bits per heavy atom. The third-order valence-corrected chi connectivity index (χ3v) is 5.58. The lowest BCUT2D eigenvalue weighted by Gasteiger charge is -2.44. The van der Waals surface area contributed by atoms with Crippen LogP contribution >= 0.6 is 0 Å². The van der Waals surface area contributed by atoms with Crippen LogP contribution in [0.5, 0.6) is 5.75 Å². The lowest BCUT2D eigenvalue weighted by molar-refractivity contribution is 0.101. The Labute approximate surface area is 128 Å². The second-order valence-corrected chi connectivity index (χ2v) is 6.82. The molecule has 3 heteroatoms. The minimum absolute atomic E-state index is 0.327. The molecule has 0 spiro atoms. The topological polar surface area (TPSA) is 24.5 Å². The summed E-state index contributed by atoms with van der Waals surface area (Å²) in [4.78, 5) is 2.70. The maximum absolute atomic E-state index is 5.38. The van der Waals surface area contributed by atoms with Crippen molar-refractivity contribution in [1.82, 2.24) is 10.2 Å². The second-order valence-electron chi connectivity index (χ2n) is 6.82. The highest BCUT2D eigenvalue weighted by Gasteiger charge is 2.33. The Morgan fingerprint density at radius 2 is 2.05 bits per heavy atom. The first kappa shape index (κ1) is 14.9. The molecule has 1 atom stereocenters. The van der Waals surface area contributed by atoms with E-state index < -0.39 is 0 Å². The van der Waals surface area contributed by atoms with Gasteiger partial charge in [-0.2, -0.15) is 0 Å². The molecule has 1 heterocycles. The van der Waals surface area contributed by atoms with Gasteiger partial charge in [-0.25, -0.2) is 0 Å². The number of likely N-dealkylation sites (tertiary alicyclic amines) is 1. The van der Waals surface area contributed by atoms with E-state index in [-0.39, 0.29) is 0 Å². The van der Waals surface area contributed by atoms with Crippen LogP contribution in [0, 0.1) is 0 Å². The zero-order valence-electron chi connectivity index (χ0n) is 13.6. The molecule has 0 aromatic heterocycles. The van der Waals surface area contributed by atoms with E-state index in [0.29, 0.717) is 11.6 Å². The highest BCUT2D eigenvalue weighted by molar-refractivity contribution is 5.39. The molecule has 1 aliphatic heterocycles. The van der Waals surface area contributed by atoms with Gasteiger partial charge in [0.05, 0.1) is 7.11 Å². The number of rotatable bonds is 3. The Kier molecular flexibility index (Phi) is 4.23. The molecule has 1 aromatic rings. The summed E-state index contributed by atoms with van der Waals surface area (Å²) in [7, 11) is 3.85. The van der Waals surface area contributed by atoms with Crippen molar-refractivity contribution in [2.24, 2.45) is 0 Å². The predicted octanol–water partition coefficient (Wildman–Crippen LogP) is 3.15. The largest absolute Gasteiger partial charge is 0.497 e. The highest BCUT2D eigenvalue weighted by Crippen LogP contribution is 2.38. The van der Waals surface area contributed by atoms with Crippen molar-refractivity contribution in [3.63, 3.8) is 0 Å². The second kappa shape index (κ2) is 5.98. The van der Waals surface area contributed by atoms with Gasteiger partial charge in [-0.3, -0.25) is 4.90 Å². The number of hydrogen-bond donors (Lipinski definition) is 1.